The Balaban J connectivity index is 1.44. The first-order valence-electron chi connectivity index (χ1n) is 8.62. The lowest BCUT2D eigenvalue weighted by Gasteiger charge is -2.25. The van der Waals surface area contributed by atoms with E-state index in [-0.39, 0.29) is 10.0 Å². The average molecular weight is 419 g/mol. The number of anilines is 2. The lowest BCUT2D eigenvalue weighted by molar-refractivity contribution is 0.122. The van der Waals surface area contributed by atoms with Crippen LogP contribution in [-0.4, -0.2) is 44.1 Å². The second kappa shape index (κ2) is 8.13. The molecule has 28 heavy (non-hydrogen) atoms. The number of nitrogens with one attached hydrogen (secondary N) is 1. The number of nitrogens with zero attached hydrogens (tertiary/aromatic N) is 3. The van der Waals surface area contributed by atoms with Crippen LogP contribution in [0.3, 0.4) is 0 Å². The molecule has 3 aromatic rings. The standard InChI is InChI=1S/C18H18N4O4S2/c23-28(24,21-18-19-17(20-27-18)22-10-12-25-13-11-22)16-8-6-15(7-9-16)26-14-4-2-1-3-5-14/h1-9H,10-13H2,(H,19,20,21). The highest BCUT2D eigenvalue weighted by Crippen LogP contribution is 2.25. The third-order valence-corrected chi connectivity index (χ3v) is 6.15. The minimum absolute atomic E-state index is 0.121. The van der Waals surface area contributed by atoms with E-state index in [0.717, 1.165) is 11.5 Å². The molecule has 1 aromatic heterocycles. The monoisotopic (exact) mass is 418 g/mol. The van der Waals surface area contributed by atoms with E-state index in [1.807, 2.05) is 35.2 Å². The van der Waals surface area contributed by atoms with Gasteiger partial charge in [0.1, 0.15) is 11.5 Å². The molecule has 146 valence electrons. The highest BCUT2D eigenvalue weighted by Gasteiger charge is 2.20. The van der Waals surface area contributed by atoms with Gasteiger partial charge in [-0.3, -0.25) is 4.72 Å². The summed E-state index contributed by atoms with van der Waals surface area (Å²) in [5.74, 6) is 1.74. The smallest absolute Gasteiger partial charge is 0.263 e. The van der Waals surface area contributed by atoms with Crippen molar-refractivity contribution < 1.29 is 17.9 Å². The van der Waals surface area contributed by atoms with Crippen LogP contribution in [0.1, 0.15) is 0 Å². The van der Waals surface area contributed by atoms with Crippen LogP contribution in [0.5, 0.6) is 11.5 Å². The Kier molecular flexibility index (Phi) is 5.42. The number of hydrogen-bond donors (Lipinski definition) is 1. The molecule has 0 atom stereocenters. The molecule has 2 aromatic carbocycles. The SMILES string of the molecule is O=S(=O)(Nc1nc(N2CCOCC2)ns1)c1ccc(Oc2ccccc2)cc1. The van der Waals surface area contributed by atoms with Crippen molar-refractivity contribution in [1.29, 1.82) is 0 Å². The molecule has 0 unspecified atom stereocenters. The van der Waals surface area contributed by atoms with Gasteiger partial charge >= 0.3 is 0 Å². The van der Waals surface area contributed by atoms with Crippen LogP contribution in [0.25, 0.3) is 0 Å². The van der Waals surface area contributed by atoms with E-state index in [9.17, 15) is 8.42 Å². The third kappa shape index (κ3) is 4.41. The molecule has 10 heteroatoms. The third-order valence-electron chi connectivity index (χ3n) is 4.04. The van der Waals surface area contributed by atoms with Crippen LogP contribution in [0.15, 0.2) is 59.5 Å². The molecule has 0 saturated carbocycles. The molecule has 0 radical (unpaired) electrons. The number of aromatic nitrogens is 2. The van der Waals surface area contributed by atoms with E-state index in [2.05, 4.69) is 14.1 Å². The first-order valence-corrected chi connectivity index (χ1v) is 10.9. The lowest BCUT2D eigenvalue weighted by Crippen LogP contribution is -2.36. The molecule has 2 heterocycles. The highest BCUT2D eigenvalue weighted by atomic mass is 32.2. The first-order chi connectivity index (χ1) is 13.6. The van der Waals surface area contributed by atoms with Crippen molar-refractivity contribution >= 4 is 32.6 Å². The number of sulfonamides is 1. The van der Waals surface area contributed by atoms with E-state index in [1.165, 1.54) is 12.1 Å². The largest absolute Gasteiger partial charge is 0.457 e. The van der Waals surface area contributed by atoms with Gasteiger partial charge in [-0.05, 0) is 36.4 Å². The second-order valence-corrected chi connectivity index (χ2v) is 8.43. The van der Waals surface area contributed by atoms with Crippen molar-refractivity contribution in [2.75, 3.05) is 35.9 Å². The summed E-state index contributed by atoms with van der Waals surface area (Å²) in [5.41, 5.74) is 0. The number of rotatable bonds is 6. The quantitative estimate of drug-likeness (QED) is 0.658. The summed E-state index contributed by atoms with van der Waals surface area (Å²) < 4.78 is 42.9. The molecule has 0 aliphatic carbocycles. The summed E-state index contributed by atoms with van der Waals surface area (Å²) >= 11 is 1.01. The van der Waals surface area contributed by atoms with Gasteiger partial charge in [0.15, 0.2) is 0 Å². The zero-order valence-corrected chi connectivity index (χ0v) is 16.4. The molecule has 0 spiro atoms. The lowest BCUT2D eigenvalue weighted by atomic mass is 10.3. The van der Waals surface area contributed by atoms with Gasteiger partial charge < -0.3 is 14.4 Å². The summed E-state index contributed by atoms with van der Waals surface area (Å²) in [4.78, 5) is 6.37. The minimum Gasteiger partial charge on any atom is -0.457 e. The molecule has 0 amide bonds. The molecule has 1 aliphatic rings. The summed E-state index contributed by atoms with van der Waals surface area (Å²) in [7, 11) is -3.76. The second-order valence-electron chi connectivity index (χ2n) is 5.99. The summed E-state index contributed by atoms with van der Waals surface area (Å²) in [5, 5.41) is 0.228. The molecule has 0 bridgehead atoms. The van der Waals surface area contributed by atoms with Crippen LogP contribution in [0.2, 0.25) is 0 Å². The fourth-order valence-corrected chi connectivity index (χ4v) is 4.45. The summed E-state index contributed by atoms with van der Waals surface area (Å²) in [6, 6.07) is 15.5. The van der Waals surface area contributed by atoms with Crippen LogP contribution in [0.4, 0.5) is 11.1 Å². The molecule has 8 nitrogen and oxygen atoms in total. The zero-order valence-electron chi connectivity index (χ0n) is 14.8. The Morgan fingerprint density at radius 2 is 1.68 bits per heavy atom. The average Bonchev–Trinajstić information content (AvgIpc) is 3.18. The van der Waals surface area contributed by atoms with Gasteiger partial charge in [-0.25, -0.2) is 8.42 Å². The minimum atomic E-state index is -3.76. The molecule has 1 aliphatic heterocycles. The molecule has 1 saturated heterocycles. The van der Waals surface area contributed by atoms with Crippen LogP contribution >= 0.6 is 11.5 Å². The van der Waals surface area contributed by atoms with E-state index >= 15 is 0 Å². The number of benzene rings is 2. The zero-order chi connectivity index (χ0) is 19.4. The fourth-order valence-electron chi connectivity index (χ4n) is 2.63. The number of para-hydroxylation sites is 1. The summed E-state index contributed by atoms with van der Waals surface area (Å²) in [6.45, 7) is 2.59. The van der Waals surface area contributed by atoms with Gasteiger partial charge in [-0.2, -0.15) is 9.36 Å². The Labute approximate surface area is 167 Å². The van der Waals surface area contributed by atoms with Crippen LogP contribution < -0.4 is 14.4 Å². The van der Waals surface area contributed by atoms with Gasteiger partial charge in [0.2, 0.25) is 11.1 Å². The predicted octanol–water partition coefficient (Wildman–Crippen LogP) is 2.97. The number of ether oxygens (including phenoxy) is 2. The van der Waals surface area contributed by atoms with Crippen molar-refractivity contribution in [2.24, 2.45) is 0 Å². The van der Waals surface area contributed by atoms with Crippen molar-refractivity contribution in [1.82, 2.24) is 9.36 Å². The number of morpholine rings is 1. The van der Waals surface area contributed by atoms with Gasteiger partial charge in [0.05, 0.1) is 18.1 Å². The maximum absolute atomic E-state index is 12.6. The predicted molar refractivity (Wildman–Crippen MR) is 107 cm³/mol. The maximum atomic E-state index is 12.6. The molecular formula is C18H18N4O4S2. The Morgan fingerprint density at radius 1 is 1.00 bits per heavy atom. The van der Waals surface area contributed by atoms with E-state index in [1.54, 1.807) is 12.1 Å². The topological polar surface area (TPSA) is 93.7 Å². The van der Waals surface area contributed by atoms with Crippen LogP contribution in [0, 0.1) is 0 Å². The molecule has 1 fully saturated rings. The summed E-state index contributed by atoms with van der Waals surface area (Å²) in [6.07, 6.45) is 0. The molecular weight excluding hydrogens is 400 g/mol. The maximum Gasteiger partial charge on any atom is 0.263 e. The van der Waals surface area contributed by atoms with E-state index < -0.39 is 10.0 Å². The van der Waals surface area contributed by atoms with Gasteiger partial charge in [0.25, 0.3) is 10.0 Å². The first kappa shape index (κ1) is 18.7. The Morgan fingerprint density at radius 3 is 2.39 bits per heavy atom. The van der Waals surface area contributed by atoms with Crippen molar-refractivity contribution in [3.63, 3.8) is 0 Å². The van der Waals surface area contributed by atoms with E-state index in [4.69, 9.17) is 9.47 Å². The van der Waals surface area contributed by atoms with Crippen molar-refractivity contribution in [2.45, 2.75) is 4.90 Å². The Hall–Kier alpha value is -2.69. The van der Waals surface area contributed by atoms with E-state index in [0.29, 0.717) is 43.8 Å². The fraction of sp³-hybridized carbons (Fsp3) is 0.222. The van der Waals surface area contributed by atoms with Crippen molar-refractivity contribution in [3.05, 3.63) is 54.6 Å². The van der Waals surface area contributed by atoms with Gasteiger partial charge in [-0.1, -0.05) is 18.2 Å². The van der Waals surface area contributed by atoms with Crippen molar-refractivity contribution in [3.8, 4) is 11.5 Å². The van der Waals surface area contributed by atoms with Crippen LogP contribution in [-0.2, 0) is 14.8 Å². The normalized spacial score (nSPS) is 14.6. The molecule has 1 N–H and O–H groups in total. The Bertz CT molecular complexity index is 1020. The number of hydrogen-bond acceptors (Lipinski definition) is 8. The van der Waals surface area contributed by atoms with Gasteiger partial charge in [-0.15, -0.1) is 0 Å². The molecule has 4 rings (SSSR count). The van der Waals surface area contributed by atoms with Gasteiger partial charge in [0, 0.05) is 24.6 Å². The highest BCUT2D eigenvalue weighted by molar-refractivity contribution is 7.93.